The van der Waals surface area contributed by atoms with Crippen molar-refractivity contribution in [3.63, 3.8) is 0 Å². The van der Waals surface area contributed by atoms with Gasteiger partial charge in [-0.1, -0.05) is 26.3 Å². The maximum absolute atomic E-state index is 14.5. The van der Waals surface area contributed by atoms with Crippen molar-refractivity contribution in [3.05, 3.63) is 59.4 Å². The first kappa shape index (κ1) is 21.3. The van der Waals surface area contributed by atoms with Gasteiger partial charge in [0.25, 0.3) is 0 Å². The van der Waals surface area contributed by atoms with Crippen LogP contribution in [0, 0.1) is 11.7 Å². The van der Waals surface area contributed by atoms with Crippen molar-refractivity contribution < 1.29 is 28.1 Å². The molecule has 2 aromatic rings. The molecule has 1 saturated heterocycles. The maximum atomic E-state index is 14.5. The van der Waals surface area contributed by atoms with Crippen molar-refractivity contribution in [1.82, 2.24) is 0 Å². The van der Waals surface area contributed by atoms with Gasteiger partial charge in [-0.25, -0.2) is 9.18 Å². The van der Waals surface area contributed by atoms with E-state index in [2.05, 4.69) is 13.8 Å². The van der Waals surface area contributed by atoms with E-state index in [0.717, 1.165) is 25.3 Å². The lowest BCUT2D eigenvalue weighted by Gasteiger charge is -2.29. The number of esters is 1. The third-order valence-electron chi connectivity index (χ3n) is 4.83. The number of hydrogen-bond donors (Lipinski definition) is 0. The van der Waals surface area contributed by atoms with Crippen molar-refractivity contribution in [2.75, 3.05) is 19.8 Å². The number of carbonyl (C=O) groups is 1. The summed E-state index contributed by atoms with van der Waals surface area (Å²) in [6.45, 7) is 5.86. The average Bonchev–Trinajstić information content (AvgIpc) is 2.75. The van der Waals surface area contributed by atoms with Crippen LogP contribution in [-0.4, -0.2) is 25.8 Å². The zero-order chi connectivity index (χ0) is 20.6. The summed E-state index contributed by atoms with van der Waals surface area (Å²) in [4.78, 5) is 12.3. The summed E-state index contributed by atoms with van der Waals surface area (Å²) in [5.41, 5.74) is 0.404. The van der Waals surface area contributed by atoms with Crippen LogP contribution in [0.2, 0.25) is 0 Å². The van der Waals surface area contributed by atoms with E-state index in [1.807, 2.05) is 0 Å². The molecule has 0 unspecified atom stereocenters. The summed E-state index contributed by atoms with van der Waals surface area (Å²) in [7, 11) is 0. The molecule has 6 heteroatoms. The van der Waals surface area contributed by atoms with Crippen molar-refractivity contribution in [1.29, 1.82) is 0 Å². The van der Waals surface area contributed by atoms with Crippen molar-refractivity contribution >= 4 is 5.97 Å². The predicted molar refractivity (Wildman–Crippen MR) is 107 cm³/mol. The summed E-state index contributed by atoms with van der Waals surface area (Å²) < 4.78 is 36.6. The van der Waals surface area contributed by atoms with Gasteiger partial charge in [0.05, 0.1) is 25.4 Å². The lowest BCUT2D eigenvalue weighted by atomic mass is 10.1. The molecule has 5 nitrogen and oxygen atoms in total. The molecule has 0 saturated carbocycles. The fourth-order valence-electron chi connectivity index (χ4n) is 2.91. The molecule has 1 aliphatic rings. The fourth-order valence-corrected chi connectivity index (χ4v) is 2.91. The van der Waals surface area contributed by atoms with E-state index in [9.17, 15) is 9.18 Å². The third kappa shape index (κ3) is 5.78. The van der Waals surface area contributed by atoms with E-state index in [0.29, 0.717) is 37.2 Å². The molecule has 0 spiro atoms. The highest BCUT2D eigenvalue weighted by molar-refractivity contribution is 5.91. The number of unbranched alkanes of at least 4 members (excludes halogenated alkanes) is 1. The molecule has 0 N–H and O–H groups in total. The Hall–Kier alpha value is -2.44. The molecule has 29 heavy (non-hydrogen) atoms. The van der Waals surface area contributed by atoms with E-state index in [1.165, 1.54) is 12.1 Å². The van der Waals surface area contributed by atoms with Crippen molar-refractivity contribution in [2.24, 2.45) is 5.92 Å². The molecule has 0 radical (unpaired) electrons. The first-order chi connectivity index (χ1) is 14.1. The Morgan fingerprint density at radius 3 is 2.38 bits per heavy atom. The SMILES string of the molecule is CCCCOc1ccc(OC(=O)c2ccc(C3OCC(CC)CO3)c(F)c2)cc1. The largest absolute Gasteiger partial charge is 0.494 e. The Bertz CT molecular complexity index is 797. The normalized spacial score (nSPS) is 19.0. The molecule has 0 aromatic heterocycles. The zero-order valence-corrected chi connectivity index (χ0v) is 16.9. The molecule has 0 atom stereocenters. The van der Waals surface area contributed by atoms with Gasteiger partial charge >= 0.3 is 5.97 Å². The topological polar surface area (TPSA) is 54.0 Å². The molecule has 1 aliphatic heterocycles. The van der Waals surface area contributed by atoms with Gasteiger partial charge in [0.1, 0.15) is 17.3 Å². The minimum Gasteiger partial charge on any atom is -0.494 e. The quantitative estimate of drug-likeness (QED) is 0.341. The Kier molecular flexibility index (Phi) is 7.61. The Morgan fingerprint density at radius 2 is 1.76 bits per heavy atom. The fraction of sp³-hybridized carbons (Fsp3) is 0.435. The molecular weight excluding hydrogens is 375 g/mol. The number of carbonyl (C=O) groups excluding carboxylic acids is 1. The van der Waals surface area contributed by atoms with Gasteiger partial charge in [-0.15, -0.1) is 0 Å². The summed E-state index contributed by atoms with van der Waals surface area (Å²) in [5.74, 6) is 0.219. The molecule has 156 valence electrons. The van der Waals surface area contributed by atoms with Gasteiger partial charge in [-0.05, 0) is 49.2 Å². The van der Waals surface area contributed by atoms with Crippen LogP contribution < -0.4 is 9.47 Å². The van der Waals surface area contributed by atoms with Crippen LogP contribution in [0.5, 0.6) is 11.5 Å². The Labute approximate surface area is 170 Å². The monoisotopic (exact) mass is 402 g/mol. The maximum Gasteiger partial charge on any atom is 0.343 e. The Morgan fingerprint density at radius 1 is 1.07 bits per heavy atom. The second-order valence-corrected chi connectivity index (χ2v) is 7.07. The van der Waals surface area contributed by atoms with Crippen LogP contribution in [0.25, 0.3) is 0 Å². The van der Waals surface area contributed by atoms with Gasteiger partial charge in [0.15, 0.2) is 6.29 Å². The summed E-state index contributed by atoms with van der Waals surface area (Å²) >= 11 is 0. The van der Waals surface area contributed by atoms with Crippen molar-refractivity contribution in [3.8, 4) is 11.5 Å². The molecule has 2 aromatic carbocycles. The van der Waals surface area contributed by atoms with E-state index < -0.39 is 18.1 Å². The molecule has 0 amide bonds. The smallest absolute Gasteiger partial charge is 0.343 e. The van der Waals surface area contributed by atoms with Crippen LogP contribution in [0.4, 0.5) is 4.39 Å². The van der Waals surface area contributed by atoms with E-state index in [1.54, 1.807) is 24.3 Å². The highest BCUT2D eigenvalue weighted by Crippen LogP contribution is 2.29. The molecule has 1 fully saturated rings. The molecular formula is C23H27FO5. The lowest BCUT2D eigenvalue weighted by Crippen LogP contribution is -2.27. The zero-order valence-electron chi connectivity index (χ0n) is 16.9. The number of halogens is 1. The van der Waals surface area contributed by atoms with Crippen LogP contribution >= 0.6 is 0 Å². The highest BCUT2D eigenvalue weighted by atomic mass is 19.1. The van der Waals surface area contributed by atoms with E-state index in [-0.39, 0.29) is 11.1 Å². The highest BCUT2D eigenvalue weighted by Gasteiger charge is 2.25. The van der Waals surface area contributed by atoms with E-state index in [4.69, 9.17) is 18.9 Å². The predicted octanol–water partition coefficient (Wildman–Crippen LogP) is 5.30. The number of hydrogen-bond acceptors (Lipinski definition) is 5. The van der Waals surface area contributed by atoms with Gasteiger partial charge < -0.3 is 18.9 Å². The second kappa shape index (κ2) is 10.4. The summed E-state index contributed by atoms with van der Waals surface area (Å²) in [6, 6.07) is 11.0. The molecule has 3 rings (SSSR count). The van der Waals surface area contributed by atoms with Crippen LogP contribution in [0.1, 0.15) is 55.3 Å². The standard InChI is InChI=1S/C23H27FO5/c1-3-5-12-26-18-7-9-19(10-8-18)29-22(25)17-6-11-20(21(24)13-17)23-27-14-16(4-2)15-28-23/h6-11,13,16,23H,3-5,12,14-15H2,1-2H3. The molecule has 1 heterocycles. The van der Waals surface area contributed by atoms with Gasteiger partial charge in [0, 0.05) is 11.5 Å². The van der Waals surface area contributed by atoms with Crippen LogP contribution in [0.3, 0.4) is 0 Å². The van der Waals surface area contributed by atoms with Crippen LogP contribution in [-0.2, 0) is 9.47 Å². The minimum atomic E-state index is -0.747. The number of ether oxygens (including phenoxy) is 4. The molecule has 0 aliphatic carbocycles. The molecule has 0 bridgehead atoms. The second-order valence-electron chi connectivity index (χ2n) is 7.07. The summed E-state index contributed by atoms with van der Waals surface area (Å²) in [5, 5.41) is 0. The van der Waals surface area contributed by atoms with Gasteiger partial charge in [0.2, 0.25) is 0 Å². The van der Waals surface area contributed by atoms with Gasteiger partial charge in [-0.3, -0.25) is 0 Å². The first-order valence-corrected chi connectivity index (χ1v) is 10.1. The Balaban J connectivity index is 1.59. The minimum absolute atomic E-state index is 0.122. The third-order valence-corrected chi connectivity index (χ3v) is 4.83. The van der Waals surface area contributed by atoms with Gasteiger partial charge in [-0.2, -0.15) is 0 Å². The van der Waals surface area contributed by atoms with Crippen LogP contribution in [0.15, 0.2) is 42.5 Å². The summed E-state index contributed by atoms with van der Waals surface area (Å²) in [6.07, 6.45) is 2.24. The van der Waals surface area contributed by atoms with Crippen molar-refractivity contribution in [2.45, 2.75) is 39.4 Å². The average molecular weight is 402 g/mol. The lowest BCUT2D eigenvalue weighted by molar-refractivity contribution is -0.206. The van der Waals surface area contributed by atoms with E-state index >= 15 is 0 Å². The number of rotatable bonds is 8. The number of benzene rings is 2. The first-order valence-electron chi connectivity index (χ1n) is 10.1.